The summed E-state index contributed by atoms with van der Waals surface area (Å²) in [4.78, 5) is 2.01. The maximum Gasteiger partial charge on any atom is 0.209 e. The lowest BCUT2D eigenvalue weighted by molar-refractivity contribution is 0.0764. The molecule has 0 amide bonds. The molecule has 5 nitrogen and oxygen atoms in total. The van der Waals surface area contributed by atoms with Gasteiger partial charge in [0.05, 0.1) is 19.2 Å². The number of aromatic nitrogens is 2. The van der Waals surface area contributed by atoms with Gasteiger partial charge in [-0.3, -0.25) is 0 Å². The predicted molar refractivity (Wildman–Crippen MR) is 55.2 cm³/mol. The van der Waals surface area contributed by atoms with Crippen LogP contribution in [0, 0.1) is 11.3 Å². The van der Waals surface area contributed by atoms with Gasteiger partial charge in [-0.05, 0) is 15.9 Å². The quantitative estimate of drug-likeness (QED) is 0.766. The molecule has 0 saturated carbocycles. The minimum atomic E-state index is -0.355. The highest BCUT2D eigenvalue weighted by atomic mass is 79.9. The lowest BCUT2D eigenvalue weighted by Crippen LogP contribution is -2.41. The van der Waals surface area contributed by atoms with E-state index < -0.39 is 0 Å². The van der Waals surface area contributed by atoms with Crippen molar-refractivity contribution in [2.45, 2.75) is 6.10 Å². The molecule has 0 radical (unpaired) electrons. The molecule has 0 aliphatic carbocycles. The first-order valence-corrected chi connectivity index (χ1v) is 5.65. The van der Waals surface area contributed by atoms with Gasteiger partial charge in [-0.15, -0.1) is 10.2 Å². The molecule has 2 heterocycles. The maximum atomic E-state index is 8.72. The summed E-state index contributed by atoms with van der Waals surface area (Å²) in [5, 5.41) is 17.4. The van der Waals surface area contributed by atoms with E-state index in [0.29, 0.717) is 13.2 Å². The maximum absolute atomic E-state index is 8.72. The first-order chi connectivity index (χ1) is 6.79. The second-order valence-electron chi connectivity index (χ2n) is 2.77. The number of nitrogens with zero attached hydrogens (tertiary/aromatic N) is 4. The van der Waals surface area contributed by atoms with Crippen molar-refractivity contribution in [1.82, 2.24) is 10.2 Å². The number of rotatable bonds is 1. The molecule has 1 aromatic rings. The van der Waals surface area contributed by atoms with Crippen molar-refractivity contribution >= 4 is 32.4 Å². The number of nitriles is 1. The van der Waals surface area contributed by atoms with Crippen LogP contribution in [0.1, 0.15) is 0 Å². The zero-order valence-electron chi connectivity index (χ0n) is 7.18. The Morgan fingerprint density at radius 3 is 3.14 bits per heavy atom. The number of hydrogen-bond donors (Lipinski definition) is 0. The summed E-state index contributed by atoms with van der Waals surface area (Å²) in [6, 6.07) is 2.09. The topological polar surface area (TPSA) is 62.0 Å². The molecule has 1 saturated heterocycles. The Labute approximate surface area is 93.4 Å². The number of morpholine rings is 1. The highest BCUT2D eigenvalue weighted by molar-refractivity contribution is 9.11. The van der Waals surface area contributed by atoms with Crippen LogP contribution >= 0.6 is 27.3 Å². The SMILES string of the molecule is N#CC1CN(c2nnc(Br)s2)CCO1. The van der Waals surface area contributed by atoms with E-state index in [2.05, 4.69) is 32.2 Å². The molecule has 14 heavy (non-hydrogen) atoms. The van der Waals surface area contributed by atoms with Crippen molar-refractivity contribution in [3.8, 4) is 6.07 Å². The number of hydrogen-bond acceptors (Lipinski definition) is 6. The standard InChI is InChI=1S/C7H7BrN4OS/c8-6-10-11-7(14-6)12-1-2-13-5(3-9)4-12/h5H,1-2,4H2. The van der Waals surface area contributed by atoms with Crippen LogP contribution in [0.15, 0.2) is 3.92 Å². The van der Waals surface area contributed by atoms with Gasteiger partial charge in [-0.2, -0.15) is 5.26 Å². The van der Waals surface area contributed by atoms with Gasteiger partial charge in [0.15, 0.2) is 10.0 Å². The van der Waals surface area contributed by atoms with E-state index in [0.717, 1.165) is 15.6 Å². The second kappa shape index (κ2) is 4.21. The van der Waals surface area contributed by atoms with E-state index in [1.807, 2.05) is 4.90 Å². The fraction of sp³-hybridized carbons (Fsp3) is 0.571. The molecule has 1 atom stereocenters. The van der Waals surface area contributed by atoms with Crippen molar-refractivity contribution in [3.05, 3.63) is 3.92 Å². The Bertz CT molecular complexity index is 363. The first-order valence-electron chi connectivity index (χ1n) is 4.05. The zero-order valence-corrected chi connectivity index (χ0v) is 9.58. The average molecular weight is 275 g/mol. The molecule has 0 N–H and O–H groups in total. The Hall–Kier alpha value is -0.710. The summed E-state index contributed by atoms with van der Waals surface area (Å²) in [6.07, 6.45) is -0.355. The molecule has 0 spiro atoms. The Kier molecular flexibility index (Phi) is 2.96. The highest BCUT2D eigenvalue weighted by Gasteiger charge is 2.22. The lowest BCUT2D eigenvalue weighted by atomic mass is 10.3. The van der Waals surface area contributed by atoms with E-state index in [4.69, 9.17) is 10.00 Å². The average Bonchev–Trinajstić information content (AvgIpc) is 2.65. The number of ether oxygens (including phenoxy) is 1. The normalized spacial score (nSPS) is 22.0. The van der Waals surface area contributed by atoms with E-state index in [1.165, 1.54) is 11.3 Å². The van der Waals surface area contributed by atoms with Crippen molar-refractivity contribution in [3.63, 3.8) is 0 Å². The first kappa shape index (κ1) is 9.83. The largest absolute Gasteiger partial charge is 0.360 e. The van der Waals surface area contributed by atoms with Crippen molar-refractivity contribution in [2.24, 2.45) is 0 Å². The molecule has 0 bridgehead atoms. The molecule has 0 aromatic carbocycles. The fourth-order valence-corrected chi connectivity index (χ4v) is 2.35. The van der Waals surface area contributed by atoms with Gasteiger partial charge >= 0.3 is 0 Å². The Morgan fingerprint density at radius 1 is 1.64 bits per heavy atom. The Morgan fingerprint density at radius 2 is 2.50 bits per heavy atom. The van der Waals surface area contributed by atoms with Gasteiger partial charge < -0.3 is 9.64 Å². The summed E-state index contributed by atoms with van der Waals surface area (Å²) < 4.78 is 5.98. The van der Waals surface area contributed by atoms with Crippen LogP contribution in [-0.4, -0.2) is 36.0 Å². The molecule has 1 aliphatic rings. The summed E-state index contributed by atoms with van der Waals surface area (Å²) in [5.41, 5.74) is 0. The Balaban J connectivity index is 2.08. The minimum Gasteiger partial charge on any atom is -0.360 e. The van der Waals surface area contributed by atoms with Crippen LogP contribution in [0.25, 0.3) is 0 Å². The second-order valence-corrected chi connectivity index (χ2v) is 5.00. The van der Waals surface area contributed by atoms with Crippen LogP contribution in [-0.2, 0) is 4.74 Å². The van der Waals surface area contributed by atoms with Gasteiger partial charge in [0.1, 0.15) is 0 Å². The highest BCUT2D eigenvalue weighted by Crippen LogP contribution is 2.25. The third-order valence-corrected chi connectivity index (χ3v) is 3.29. The van der Waals surface area contributed by atoms with Crippen molar-refractivity contribution in [1.29, 1.82) is 5.26 Å². The van der Waals surface area contributed by atoms with Crippen LogP contribution in [0.4, 0.5) is 5.13 Å². The van der Waals surface area contributed by atoms with Gasteiger partial charge in [0.2, 0.25) is 5.13 Å². The van der Waals surface area contributed by atoms with Crippen LogP contribution in [0.2, 0.25) is 0 Å². The van der Waals surface area contributed by atoms with Crippen molar-refractivity contribution < 1.29 is 4.74 Å². The molecular weight excluding hydrogens is 268 g/mol. The molecule has 2 rings (SSSR count). The molecule has 7 heteroatoms. The summed E-state index contributed by atoms with van der Waals surface area (Å²) >= 11 is 4.72. The van der Waals surface area contributed by atoms with E-state index in [1.54, 1.807) is 0 Å². The van der Waals surface area contributed by atoms with Crippen LogP contribution in [0.5, 0.6) is 0 Å². The minimum absolute atomic E-state index is 0.355. The zero-order chi connectivity index (χ0) is 9.97. The summed E-state index contributed by atoms with van der Waals surface area (Å²) in [5.74, 6) is 0. The third-order valence-electron chi connectivity index (χ3n) is 1.87. The lowest BCUT2D eigenvalue weighted by Gasteiger charge is -2.28. The molecule has 1 unspecified atom stereocenters. The predicted octanol–water partition coefficient (Wildman–Crippen LogP) is 1.03. The van der Waals surface area contributed by atoms with Gasteiger partial charge in [0, 0.05) is 6.54 Å². The molecule has 1 aromatic heterocycles. The van der Waals surface area contributed by atoms with Crippen molar-refractivity contribution in [2.75, 3.05) is 24.6 Å². The number of halogens is 1. The van der Waals surface area contributed by atoms with Gasteiger partial charge in [-0.25, -0.2) is 0 Å². The third kappa shape index (κ3) is 2.03. The smallest absolute Gasteiger partial charge is 0.209 e. The van der Waals surface area contributed by atoms with Crippen LogP contribution < -0.4 is 4.90 Å². The van der Waals surface area contributed by atoms with E-state index >= 15 is 0 Å². The van der Waals surface area contributed by atoms with E-state index in [-0.39, 0.29) is 6.10 Å². The monoisotopic (exact) mass is 274 g/mol. The van der Waals surface area contributed by atoms with E-state index in [9.17, 15) is 0 Å². The molecule has 1 fully saturated rings. The summed E-state index contributed by atoms with van der Waals surface area (Å²) in [7, 11) is 0. The fourth-order valence-electron chi connectivity index (χ4n) is 1.23. The van der Waals surface area contributed by atoms with Gasteiger partial charge in [0.25, 0.3) is 0 Å². The van der Waals surface area contributed by atoms with Crippen LogP contribution in [0.3, 0.4) is 0 Å². The molecule has 1 aliphatic heterocycles. The number of anilines is 1. The summed E-state index contributed by atoms with van der Waals surface area (Å²) in [6.45, 7) is 1.90. The van der Waals surface area contributed by atoms with Gasteiger partial charge in [-0.1, -0.05) is 11.3 Å². The molecular formula is C7H7BrN4OS. The molecule has 74 valence electrons.